The zero-order valence-electron chi connectivity index (χ0n) is 13.1. The number of halogens is 3. The number of alkyl halides is 3. The maximum absolute atomic E-state index is 12.4. The second-order valence-electron chi connectivity index (χ2n) is 5.97. The Balaban J connectivity index is 1.47. The predicted molar refractivity (Wildman–Crippen MR) is 80.0 cm³/mol. The number of ether oxygens (including phenoxy) is 2. The van der Waals surface area contributed by atoms with Gasteiger partial charge >= 0.3 is 6.18 Å². The highest BCUT2D eigenvalue weighted by Crippen LogP contribution is 2.31. The third-order valence-electron chi connectivity index (χ3n) is 4.10. The highest BCUT2D eigenvalue weighted by Gasteiger charge is 2.33. The second kappa shape index (κ2) is 6.88. The quantitative estimate of drug-likeness (QED) is 0.840. The van der Waals surface area contributed by atoms with E-state index in [9.17, 15) is 18.0 Å². The third kappa shape index (κ3) is 4.31. The molecule has 1 unspecified atom stereocenters. The number of nitrogens with zero attached hydrogens (tertiary/aromatic N) is 2. The van der Waals surface area contributed by atoms with E-state index in [0.29, 0.717) is 24.6 Å². The van der Waals surface area contributed by atoms with Gasteiger partial charge in [-0.1, -0.05) is 12.1 Å². The molecule has 1 aromatic rings. The smallest absolute Gasteiger partial charge is 0.401 e. The van der Waals surface area contributed by atoms with E-state index in [2.05, 4.69) is 0 Å². The Kier molecular flexibility index (Phi) is 4.84. The Morgan fingerprint density at radius 3 is 2.46 bits per heavy atom. The van der Waals surface area contributed by atoms with E-state index < -0.39 is 12.7 Å². The average molecular weight is 344 g/mol. The maximum atomic E-state index is 12.4. The number of piperazine rings is 1. The van der Waals surface area contributed by atoms with Crippen LogP contribution in [0.3, 0.4) is 0 Å². The fourth-order valence-corrected chi connectivity index (χ4v) is 2.90. The lowest BCUT2D eigenvalue weighted by Crippen LogP contribution is -2.51. The van der Waals surface area contributed by atoms with Gasteiger partial charge in [-0.25, -0.2) is 0 Å². The molecule has 1 fully saturated rings. The van der Waals surface area contributed by atoms with Gasteiger partial charge in [-0.15, -0.1) is 0 Å². The van der Waals surface area contributed by atoms with E-state index >= 15 is 0 Å². The Morgan fingerprint density at radius 1 is 1.12 bits per heavy atom. The molecule has 2 aliphatic rings. The lowest BCUT2D eigenvalue weighted by molar-refractivity contribution is -0.152. The Labute approximate surface area is 137 Å². The Morgan fingerprint density at radius 2 is 1.79 bits per heavy atom. The molecule has 132 valence electrons. The van der Waals surface area contributed by atoms with E-state index in [-0.39, 0.29) is 38.1 Å². The summed E-state index contributed by atoms with van der Waals surface area (Å²) in [6, 6.07) is 7.25. The van der Waals surface area contributed by atoms with Crippen molar-refractivity contribution in [3.05, 3.63) is 24.3 Å². The summed E-state index contributed by atoms with van der Waals surface area (Å²) < 4.78 is 48.4. The standard InChI is InChI=1S/C16H19F3N2O3/c17-16(18,19)11-20-5-7-21(8-6-20)15(22)9-12-10-23-13-3-1-2-4-14(13)24-12/h1-4,12H,5-11H2. The molecule has 0 saturated carbocycles. The summed E-state index contributed by atoms with van der Waals surface area (Å²) in [6.07, 6.45) is -4.42. The van der Waals surface area contributed by atoms with Crippen molar-refractivity contribution in [2.45, 2.75) is 18.7 Å². The molecule has 0 bridgehead atoms. The SMILES string of the molecule is O=C(CC1COc2ccccc2O1)N1CCN(CC(F)(F)F)CC1. The summed E-state index contributed by atoms with van der Waals surface area (Å²) in [5.41, 5.74) is 0. The first kappa shape index (κ1) is 16.9. The second-order valence-corrected chi connectivity index (χ2v) is 5.97. The first-order valence-electron chi connectivity index (χ1n) is 7.86. The number of hydrogen-bond donors (Lipinski definition) is 0. The number of benzene rings is 1. The number of fused-ring (bicyclic) bond motifs is 1. The van der Waals surface area contributed by atoms with Gasteiger partial charge in [0.1, 0.15) is 12.7 Å². The first-order valence-corrected chi connectivity index (χ1v) is 7.86. The van der Waals surface area contributed by atoms with Crippen molar-refractivity contribution in [2.75, 3.05) is 39.3 Å². The predicted octanol–water partition coefficient (Wildman–Crippen LogP) is 1.92. The van der Waals surface area contributed by atoms with Crippen molar-refractivity contribution >= 4 is 5.91 Å². The molecule has 1 atom stereocenters. The molecular formula is C16H19F3N2O3. The van der Waals surface area contributed by atoms with Crippen molar-refractivity contribution in [3.8, 4) is 11.5 Å². The lowest BCUT2D eigenvalue weighted by atomic mass is 10.2. The van der Waals surface area contributed by atoms with Crippen LogP contribution in [0, 0.1) is 0 Å². The molecule has 5 nitrogen and oxygen atoms in total. The molecule has 0 aromatic heterocycles. The van der Waals surface area contributed by atoms with Gasteiger partial charge in [0, 0.05) is 26.2 Å². The van der Waals surface area contributed by atoms with Crippen molar-refractivity contribution in [1.29, 1.82) is 0 Å². The van der Waals surface area contributed by atoms with E-state index in [1.807, 2.05) is 12.1 Å². The summed E-state index contributed by atoms with van der Waals surface area (Å²) in [5.74, 6) is 1.15. The molecule has 2 heterocycles. The summed E-state index contributed by atoms with van der Waals surface area (Å²) in [4.78, 5) is 15.2. The number of para-hydroxylation sites is 2. The van der Waals surface area contributed by atoms with Crippen LogP contribution in [0.15, 0.2) is 24.3 Å². The van der Waals surface area contributed by atoms with Gasteiger partial charge in [0.15, 0.2) is 11.5 Å². The van der Waals surface area contributed by atoms with Gasteiger partial charge in [-0.2, -0.15) is 13.2 Å². The number of carbonyl (C=O) groups excluding carboxylic acids is 1. The van der Waals surface area contributed by atoms with Crippen LogP contribution in [-0.4, -0.2) is 67.3 Å². The number of amides is 1. The fourth-order valence-electron chi connectivity index (χ4n) is 2.90. The minimum Gasteiger partial charge on any atom is -0.486 e. The van der Waals surface area contributed by atoms with Crippen LogP contribution >= 0.6 is 0 Å². The largest absolute Gasteiger partial charge is 0.486 e. The van der Waals surface area contributed by atoms with E-state index in [1.54, 1.807) is 17.0 Å². The van der Waals surface area contributed by atoms with Crippen LogP contribution in [0.2, 0.25) is 0 Å². The van der Waals surface area contributed by atoms with Gasteiger partial charge in [-0.05, 0) is 12.1 Å². The van der Waals surface area contributed by atoms with Crippen LogP contribution in [0.5, 0.6) is 11.5 Å². The number of carbonyl (C=O) groups is 1. The monoisotopic (exact) mass is 344 g/mol. The molecule has 2 aliphatic heterocycles. The molecule has 3 rings (SSSR count). The summed E-state index contributed by atoms with van der Waals surface area (Å²) in [5, 5.41) is 0. The summed E-state index contributed by atoms with van der Waals surface area (Å²) in [7, 11) is 0. The average Bonchev–Trinajstić information content (AvgIpc) is 2.54. The fraction of sp³-hybridized carbons (Fsp3) is 0.562. The van der Waals surface area contributed by atoms with Crippen LogP contribution in [-0.2, 0) is 4.79 Å². The van der Waals surface area contributed by atoms with Gasteiger partial charge in [0.2, 0.25) is 5.91 Å². The molecule has 24 heavy (non-hydrogen) atoms. The molecule has 0 radical (unpaired) electrons. The van der Waals surface area contributed by atoms with Crippen LogP contribution in [0.25, 0.3) is 0 Å². The van der Waals surface area contributed by atoms with Crippen molar-refractivity contribution in [1.82, 2.24) is 9.80 Å². The Bertz CT molecular complexity index is 586. The molecule has 8 heteroatoms. The zero-order valence-corrected chi connectivity index (χ0v) is 13.1. The minimum atomic E-state index is -4.20. The molecule has 1 amide bonds. The summed E-state index contributed by atoms with van der Waals surface area (Å²) >= 11 is 0. The third-order valence-corrected chi connectivity index (χ3v) is 4.10. The molecule has 0 spiro atoms. The number of rotatable bonds is 3. The van der Waals surface area contributed by atoms with Gasteiger partial charge in [0.05, 0.1) is 13.0 Å². The highest BCUT2D eigenvalue weighted by molar-refractivity contribution is 5.77. The molecule has 0 aliphatic carbocycles. The van der Waals surface area contributed by atoms with Gasteiger partial charge in [0.25, 0.3) is 0 Å². The topological polar surface area (TPSA) is 42.0 Å². The highest BCUT2D eigenvalue weighted by atomic mass is 19.4. The van der Waals surface area contributed by atoms with Crippen LogP contribution in [0.4, 0.5) is 13.2 Å². The zero-order chi connectivity index (χ0) is 17.2. The van der Waals surface area contributed by atoms with Crippen LogP contribution < -0.4 is 9.47 Å². The van der Waals surface area contributed by atoms with Gasteiger partial charge in [-0.3, -0.25) is 9.69 Å². The minimum absolute atomic E-state index is 0.116. The molecular weight excluding hydrogens is 325 g/mol. The number of hydrogen-bond acceptors (Lipinski definition) is 4. The lowest BCUT2D eigenvalue weighted by Gasteiger charge is -2.36. The van der Waals surface area contributed by atoms with E-state index in [0.717, 1.165) is 0 Å². The Hall–Kier alpha value is -1.96. The van der Waals surface area contributed by atoms with E-state index in [4.69, 9.17) is 9.47 Å². The molecule has 1 saturated heterocycles. The maximum Gasteiger partial charge on any atom is 0.401 e. The molecule has 1 aromatic carbocycles. The van der Waals surface area contributed by atoms with Crippen molar-refractivity contribution < 1.29 is 27.4 Å². The first-order chi connectivity index (χ1) is 11.4. The normalized spacial score (nSPS) is 21.6. The van der Waals surface area contributed by atoms with E-state index in [1.165, 1.54) is 4.90 Å². The van der Waals surface area contributed by atoms with Crippen molar-refractivity contribution in [2.24, 2.45) is 0 Å². The van der Waals surface area contributed by atoms with Gasteiger partial charge < -0.3 is 14.4 Å². The summed E-state index contributed by atoms with van der Waals surface area (Å²) in [6.45, 7) is 0.437. The van der Waals surface area contributed by atoms with Crippen LogP contribution in [0.1, 0.15) is 6.42 Å². The van der Waals surface area contributed by atoms with Crippen molar-refractivity contribution in [3.63, 3.8) is 0 Å². The molecule has 0 N–H and O–H groups in total.